The van der Waals surface area contributed by atoms with Crippen LogP contribution in [-0.4, -0.2) is 67.6 Å². The molecule has 0 aromatic heterocycles. The standard InChI is InChI=1S/C54H54N4O7Si/c1-35-50(66(3,4)45-26-24-44(64-2)25-27-45)48(31-49(60)57-33-40-18-12-11-17-39(40)29-43(57)34-59)65-54(35)46-30-42(56-52(62)38-15-9-6-10-16-38)23-28-47(46)58(53(54)63)32-36-19-21-41(22-20-36)55-51(61)37-13-7-5-8-14-37/h5-28,30,35,43,48,50,59H,29,31-34H2,1-4H3,(H,55,61)(H,56,62)/t35-,43+,48+,50-,54+/m1/s1. The van der Waals surface area contributed by atoms with Crippen LogP contribution in [0.3, 0.4) is 0 Å². The molecule has 11 nitrogen and oxygen atoms in total. The zero-order valence-corrected chi connectivity index (χ0v) is 38.6. The summed E-state index contributed by atoms with van der Waals surface area (Å²) in [4.78, 5) is 60.6. The molecule has 4 amide bonds. The third kappa shape index (κ3) is 8.21. The lowest BCUT2D eigenvalue weighted by Crippen LogP contribution is -2.52. The number of hydrogen-bond donors (Lipinski definition) is 3. The second-order valence-corrected chi connectivity index (χ2v) is 22.8. The van der Waals surface area contributed by atoms with Crippen molar-refractivity contribution in [3.05, 3.63) is 185 Å². The number of rotatable bonds is 12. The first kappa shape index (κ1) is 44.3. The predicted molar refractivity (Wildman–Crippen MR) is 259 cm³/mol. The van der Waals surface area contributed by atoms with Crippen molar-refractivity contribution in [2.75, 3.05) is 29.3 Å². The highest BCUT2D eigenvalue weighted by molar-refractivity contribution is 6.91. The summed E-state index contributed by atoms with van der Waals surface area (Å²) in [6, 6.07) is 46.6. The molecule has 1 saturated heterocycles. The van der Waals surface area contributed by atoms with E-state index in [1.165, 1.54) is 0 Å². The Balaban J connectivity index is 1.10. The van der Waals surface area contributed by atoms with E-state index in [-0.39, 0.29) is 48.7 Å². The van der Waals surface area contributed by atoms with E-state index in [4.69, 9.17) is 9.47 Å². The van der Waals surface area contributed by atoms with Gasteiger partial charge in [0, 0.05) is 40.5 Å². The second kappa shape index (κ2) is 18.2. The first-order valence-electron chi connectivity index (χ1n) is 22.5. The Kier molecular flexibility index (Phi) is 12.2. The van der Waals surface area contributed by atoms with Crippen molar-refractivity contribution in [3.63, 3.8) is 0 Å². The molecule has 3 aliphatic rings. The van der Waals surface area contributed by atoms with Gasteiger partial charge in [-0.05, 0) is 95.4 Å². The highest BCUT2D eigenvalue weighted by Gasteiger charge is 2.66. The number of anilines is 3. The number of carbonyl (C=O) groups is 4. The van der Waals surface area contributed by atoms with E-state index in [0.29, 0.717) is 46.7 Å². The highest BCUT2D eigenvalue weighted by atomic mass is 28.3. The Morgan fingerprint density at radius 1 is 0.773 bits per heavy atom. The van der Waals surface area contributed by atoms with Gasteiger partial charge in [0.15, 0.2) is 5.60 Å². The first-order chi connectivity index (χ1) is 31.9. The molecule has 0 bridgehead atoms. The Hall–Kier alpha value is -6.86. The van der Waals surface area contributed by atoms with Gasteiger partial charge in [-0.25, -0.2) is 0 Å². The fourth-order valence-electron chi connectivity index (χ4n) is 10.5. The van der Waals surface area contributed by atoms with Crippen LogP contribution in [0.2, 0.25) is 18.6 Å². The van der Waals surface area contributed by atoms with Crippen LogP contribution in [0.4, 0.5) is 17.1 Å². The molecule has 6 aromatic rings. The topological polar surface area (TPSA) is 138 Å². The SMILES string of the molecule is COc1ccc([Si](C)(C)[C@H]2[C@H](CC(=O)N3Cc4ccccc4C[C@H]3CO)O[C@@]3(C(=O)N(Cc4ccc(NC(=O)c5ccccc5)cc4)c4ccc(NC(=O)c5ccccc5)cc43)[C@@H]2C)cc1. The quantitative estimate of drug-likeness (QED) is 0.105. The highest BCUT2D eigenvalue weighted by Crippen LogP contribution is 2.60. The van der Waals surface area contributed by atoms with Crippen LogP contribution in [0.25, 0.3) is 0 Å². The van der Waals surface area contributed by atoms with Crippen molar-refractivity contribution in [3.8, 4) is 5.75 Å². The third-order valence-corrected chi connectivity index (χ3v) is 18.3. The fraction of sp³-hybridized carbons (Fsp3) is 0.259. The lowest BCUT2D eigenvalue weighted by atomic mass is 9.82. The average Bonchev–Trinajstić information content (AvgIpc) is 3.77. The van der Waals surface area contributed by atoms with E-state index >= 15 is 4.79 Å². The van der Waals surface area contributed by atoms with Crippen LogP contribution in [0, 0.1) is 5.92 Å². The van der Waals surface area contributed by atoms with Crippen molar-refractivity contribution in [1.29, 1.82) is 0 Å². The van der Waals surface area contributed by atoms with E-state index < -0.39 is 31.7 Å². The van der Waals surface area contributed by atoms with Gasteiger partial charge in [-0.2, -0.15) is 0 Å². The maximum atomic E-state index is 15.7. The lowest BCUT2D eigenvalue weighted by Gasteiger charge is -2.39. The van der Waals surface area contributed by atoms with Crippen LogP contribution in [0.1, 0.15) is 56.3 Å². The number of nitrogens with zero attached hydrogens (tertiary/aromatic N) is 2. The van der Waals surface area contributed by atoms with Crippen molar-refractivity contribution in [1.82, 2.24) is 4.90 Å². The molecule has 0 unspecified atom stereocenters. The smallest absolute Gasteiger partial charge is 0.264 e. The van der Waals surface area contributed by atoms with E-state index in [0.717, 1.165) is 27.6 Å². The molecular formula is C54H54N4O7Si. The molecule has 1 fully saturated rings. The molecule has 0 saturated carbocycles. The number of carbonyl (C=O) groups excluding carboxylic acids is 4. The molecule has 1 spiro atoms. The zero-order valence-electron chi connectivity index (χ0n) is 37.6. The number of hydrogen-bond acceptors (Lipinski definition) is 7. The van der Waals surface area contributed by atoms with Gasteiger partial charge in [0.25, 0.3) is 17.7 Å². The van der Waals surface area contributed by atoms with E-state index in [1.807, 2.05) is 109 Å². The number of ether oxygens (including phenoxy) is 2. The van der Waals surface area contributed by atoms with Gasteiger partial charge in [-0.15, -0.1) is 0 Å². The van der Waals surface area contributed by atoms with Gasteiger partial charge in [-0.1, -0.05) is 110 Å². The molecule has 9 rings (SSSR count). The maximum Gasteiger partial charge on any atom is 0.264 e. The van der Waals surface area contributed by atoms with Crippen molar-refractivity contribution < 1.29 is 33.8 Å². The number of aliphatic hydroxyl groups excluding tert-OH is 1. The minimum atomic E-state index is -2.65. The van der Waals surface area contributed by atoms with Crippen LogP contribution in [0.15, 0.2) is 152 Å². The van der Waals surface area contributed by atoms with E-state index in [9.17, 15) is 19.5 Å². The number of fused-ring (bicyclic) bond motifs is 3. The molecule has 66 heavy (non-hydrogen) atoms. The Morgan fingerprint density at radius 2 is 1.36 bits per heavy atom. The Morgan fingerprint density at radius 3 is 1.98 bits per heavy atom. The summed E-state index contributed by atoms with van der Waals surface area (Å²) in [6.45, 7) is 7.01. The fourth-order valence-corrected chi connectivity index (χ4v) is 14.6. The van der Waals surface area contributed by atoms with Gasteiger partial charge in [0.05, 0.1) is 52.6 Å². The van der Waals surface area contributed by atoms with Gasteiger partial charge in [0.2, 0.25) is 5.91 Å². The molecule has 12 heteroatoms. The predicted octanol–water partition coefficient (Wildman–Crippen LogP) is 8.30. The number of methoxy groups -OCH3 is 1. The number of amides is 4. The van der Waals surface area contributed by atoms with Gasteiger partial charge in [-0.3, -0.25) is 19.2 Å². The summed E-state index contributed by atoms with van der Waals surface area (Å²) in [5.41, 5.74) is 4.65. The third-order valence-electron chi connectivity index (χ3n) is 14.0. The van der Waals surface area contributed by atoms with E-state index in [1.54, 1.807) is 47.2 Å². The van der Waals surface area contributed by atoms with Gasteiger partial charge in [0.1, 0.15) is 5.75 Å². The van der Waals surface area contributed by atoms with Crippen molar-refractivity contribution in [2.45, 2.75) is 69.2 Å². The monoisotopic (exact) mass is 898 g/mol. The number of aliphatic hydroxyl groups is 1. The Bertz CT molecular complexity index is 2770. The Labute approximate surface area is 386 Å². The summed E-state index contributed by atoms with van der Waals surface area (Å²) in [5.74, 6) is -0.610. The zero-order chi connectivity index (χ0) is 46.2. The van der Waals surface area contributed by atoms with Crippen molar-refractivity contribution >= 4 is 54.0 Å². The minimum absolute atomic E-state index is 0.00518. The van der Waals surface area contributed by atoms with Crippen LogP contribution in [-0.2, 0) is 39.4 Å². The second-order valence-electron chi connectivity index (χ2n) is 18.2. The molecule has 3 heterocycles. The average molecular weight is 899 g/mol. The molecule has 0 radical (unpaired) electrons. The number of benzene rings is 6. The minimum Gasteiger partial charge on any atom is -0.497 e. The number of nitrogens with one attached hydrogen (secondary N) is 2. The largest absolute Gasteiger partial charge is 0.497 e. The first-order valence-corrected chi connectivity index (χ1v) is 25.6. The maximum absolute atomic E-state index is 15.7. The van der Waals surface area contributed by atoms with E-state index in [2.05, 4.69) is 42.8 Å². The van der Waals surface area contributed by atoms with Crippen LogP contribution < -0.4 is 25.5 Å². The molecule has 3 aliphatic heterocycles. The lowest BCUT2D eigenvalue weighted by molar-refractivity contribution is -0.151. The molecular weight excluding hydrogens is 845 g/mol. The molecule has 336 valence electrons. The molecule has 3 N–H and O–H groups in total. The van der Waals surface area contributed by atoms with Gasteiger partial charge >= 0.3 is 0 Å². The summed E-state index contributed by atoms with van der Waals surface area (Å²) < 4.78 is 12.9. The summed E-state index contributed by atoms with van der Waals surface area (Å²) >= 11 is 0. The summed E-state index contributed by atoms with van der Waals surface area (Å²) in [7, 11) is -1.02. The summed E-state index contributed by atoms with van der Waals surface area (Å²) in [5, 5.41) is 17.8. The van der Waals surface area contributed by atoms with Crippen molar-refractivity contribution in [2.24, 2.45) is 5.92 Å². The summed E-state index contributed by atoms with van der Waals surface area (Å²) in [6.07, 6.45) is -0.136. The molecule has 6 aromatic carbocycles. The van der Waals surface area contributed by atoms with Crippen LogP contribution in [0.5, 0.6) is 5.75 Å². The molecule has 5 atom stereocenters. The molecule has 0 aliphatic carbocycles. The van der Waals surface area contributed by atoms with Gasteiger partial charge < -0.3 is 35.0 Å². The van der Waals surface area contributed by atoms with Crippen LogP contribution >= 0.6 is 0 Å². The normalized spacial score (nSPS) is 21.0.